The lowest BCUT2D eigenvalue weighted by molar-refractivity contribution is -0.114. The molecule has 27 heavy (non-hydrogen) atoms. The number of rotatable bonds is 4. The highest BCUT2D eigenvalue weighted by Gasteiger charge is 2.19. The molecule has 0 aliphatic carbocycles. The van der Waals surface area contributed by atoms with Gasteiger partial charge in [-0.25, -0.2) is 9.78 Å². The summed E-state index contributed by atoms with van der Waals surface area (Å²) in [5.74, 6) is -0.432. The van der Waals surface area contributed by atoms with E-state index in [4.69, 9.17) is 4.74 Å². The molecule has 0 fully saturated rings. The van der Waals surface area contributed by atoms with E-state index in [1.807, 2.05) is 13.8 Å². The van der Waals surface area contributed by atoms with Gasteiger partial charge in [0.2, 0.25) is 5.91 Å². The predicted octanol–water partition coefficient (Wildman–Crippen LogP) is 3.48. The van der Waals surface area contributed by atoms with E-state index in [1.165, 1.54) is 18.3 Å². The lowest BCUT2D eigenvalue weighted by atomic mass is 10.2. The minimum atomic E-state index is -0.715. The molecule has 140 valence electrons. The summed E-state index contributed by atoms with van der Waals surface area (Å²) in [5, 5.41) is 3.20. The molecule has 2 aromatic heterocycles. The first-order valence-electron chi connectivity index (χ1n) is 8.35. The van der Waals surface area contributed by atoms with Crippen LogP contribution in [0.5, 0.6) is 0 Å². The van der Waals surface area contributed by atoms with Gasteiger partial charge >= 0.3 is 5.97 Å². The first-order valence-corrected chi connectivity index (χ1v) is 9.16. The number of anilines is 1. The maximum absolute atomic E-state index is 12.4. The Labute approximate surface area is 159 Å². The van der Waals surface area contributed by atoms with Gasteiger partial charge in [-0.1, -0.05) is 0 Å². The van der Waals surface area contributed by atoms with Crippen LogP contribution >= 0.6 is 11.3 Å². The van der Waals surface area contributed by atoms with Gasteiger partial charge in [-0.05, 0) is 50.6 Å². The lowest BCUT2D eigenvalue weighted by Crippen LogP contribution is -2.17. The van der Waals surface area contributed by atoms with E-state index in [2.05, 4.69) is 15.3 Å². The van der Waals surface area contributed by atoms with Crippen LogP contribution in [0, 0.1) is 13.8 Å². The minimum absolute atomic E-state index is 0.191. The van der Waals surface area contributed by atoms with Crippen molar-refractivity contribution in [2.45, 2.75) is 33.8 Å². The Balaban J connectivity index is 1.79. The zero-order chi connectivity index (χ0) is 19.7. The second-order valence-electron chi connectivity index (χ2n) is 6.22. The number of fused-ring (bicyclic) bond motifs is 1. The van der Waals surface area contributed by atoms with Crippen molar-refractivity contribution in [1.29, 1.82) is 0 Å². The summed E-state index contributed by atoms with van der Waals surface area (Å²) in [6, 6.07) is 6.36. The van der Waals surface area contributed by atoms with Gasteiger partial charge in [0, 0.05) is 17.5 Å². The molecule has 0 saturated heterocycles. The smallest absolute Gasteiger partial charge is 0.338 e. The average Bonchev–Trinajstić information content (AvgIpc) is 2.89. The van der Waals surface area contributed by atoms with Gasteiger partial charge in [-0.15, -0.1) is 11.3 Å². The summed E-state index contributed by atoms with van der Waals surface area (Å²) in [5.41, 5.74) is 1.60. The Morgan fingerprint density at radius 1 is 1.22 bits per heavy atom. The van der Waals surface area contributed by atoms with Crippen molar-refractivity contribution in [3.8, 4) is 0 Å². The fourth-order valence-corrected chi connectivity index (χ4v) is 3.68. The summed E-state index contributed by atoms with van der Waals surface area (Å²) in [7, 11) is 0. The number of benzene rings is 1. The van der Waals surface area contributed by atoms with Crippen LogP contribution in [0.25, 0.3) is 10.2 Å². The van der Waals surface area contributed by atoms with Crippen LogP contribution in [0.1, 0.15) is 46.6 Å². The van der Waals surface area contributed by atoms with E-state index in [-0.39, 0.29) is 11.5 Å². The molecule has 3 rings (SSSR count). The number of aryl methyl sites for hydroxylation is 2. The number of aromatic nitrogens is 2. The molecule has 0 spiro atoms. The van der Waals surface area contributed by atoms with Gasteiger partial charge < -0.3 is 15.0 Å². The number of carbonyl (C=O) groups excluding carboxylic acids is 2. The number of nitrogens with zero attached hydrogens (tertiary/aromatic N) is 1. The third kappa shape index (κ3) is 3.90. The van der Waals surface area contributed by atoms with E-state index < -0.39 is 12.1 Å². The fourth-order valence-electron chi connectivity index (χ4n) is 2.64. The topological polar surface area (TPSA) is 101 Å². The van der Waals surface area contributed by atoms with E-state index in [0.717, 1.165) is 10.4 Å². The summed E-state index contributed by atoms with van der Waals surface area (Å²) >= 11 is 1.44. The van der Waals surface area contributed by atoms with Gasteiger partial charge in [-0.3, -0.25) is 9.59 Å². The highest BCUT2D eigenvalue weighted by molar-refractivity contribution is 7.18. The van der Waals surface area contributed by atoms with E-state index in [9.17, 15) is 14.4 Å². The molecule has 0 saturated carbocycles. The van der Waals surface area contributed by atoms with Crippen molar-refractivity contribution >= 4 is 39.1 Å². The number of ether oxygens (including phenoxy) is 1. The normalized spacial score (nSPS) is 12.0. The maximum Gasteiger partial charge on any atom is 0.338 e. The van der Waals surface area contributed by atoms with Gasteiger partial charge in [0.15, 0.2) is 11.9 Å². The molecular formula is C19H19N3O4S. The number of hydrogen-bond donors (Lipinski definition) is 2. The quantitative estimate of drug-likeness (QED) is 0.670. The van der Waals surface area contributed by atoms with E-state index in [1.54, 1.807) is 31.2 Å². The standard InChI is InChI=1S/C19H19N3O4S/c1-9-11(3)27-18-15(9)17(24)21-16(22-18)10(2)26-19(25)13-5-7-14(8-6-13)20-12(4)23/h5-8,10H,1-4H3,(H,20,23)(H,21,22,24)/t10-/m0/s1. The second-order valence-corrected chi connectivity index (χ2v) is 7.42. The molecule has 0 radical (unpaired) electrons. The molecule has 0 aliphatic heterocycles. The molecule has 3 aromatic rings. The van der Waals surface area contributed by atoms with Gasteiger partial charge in [0.1, 0.15) is 4.83 Å². The Morgan fingerprint density at radius 2 is 1.89 bits per heavy atom. The number of H-pyrrole nitrogens is 1. The van der Waals surface area contributed by atoms with Crippen LogP contribution in [0.15, 0.2) is 29.1 Å². The summed E-state index contributed by atoms with van der Waals surface area (Å²) in [6.07, 6.45) is -0.715. The highest BCUT2D eigenvalue weighted by atomic mass is 32.1. The average molecular weight is 385 g/mol. The number of aromatic amines is 1. The number of carbonyl (C=O) groups is 2. The summed E-state index contributed by atoms with van der Waals surface area (Å²) in [4.78, 5) is 44.6. The molecule has 2 N–H and O–H groups in total. The summed E-state index contributed by atoms with van der Waals surface area (Å²) < 4.78 is 5.43. The van der Waals surface area contributed by atoms with Crippen molar-refractivity contribution in [3.05, 3.63) is 56.4 Å². The minimum Gasteiger partial charge on any atom is -0.451 e. The van der Waals surface area contributed by atoms with Gasteiger partial charge in [0.05, 0.1) is 10.9 Å². The highest BCUT2D eigenvalue weighted by Crippen LogP contribution is 2.27. The van der Waals surface area contributed by atoms with Crippen molar-refractivity contribution < 1.29 is 14.3 Å². The lowest BCUT2D eigenvalue weighted by Gasteiger charge is -2.13. The molecule has 1 aromatic carbocycles. The van der Waals surface area contributed by atoms with Crippen LogP contribution in [-0.4, -0.2) is 21.8 Å². The molecular weight excluding hydrogens is 366 g/mol. The molecule has 2 heterocycles. The number of thiophene rings is 1. The Morgan fingerprint density at radius 3 is 2.52 bits per heavy atom. The first-order chi connectivity index (χ1) is 12.8. The van der Waals surface area contributed by atoms with Crippen LogP contribution in [-0.2, 0) is 9.53 Å². The summed E-state index contributed by atoms with van der Waals surface area (Å²) in [6.45, 7) is 6.89. The Kier molecular flexibility index (Phi) is 5.09. The van der Waals surface area contributed by atoms with Crippen molar-refractivity contribution in [3.63, 3.8) is 0 Å². The van der Waals surface area contributed by atoms with Crippen LogP contribution in [0.4, 0.5) is 5.69 Å². The van der Waals surface area contributed by atoms with Crippen LogP contribution < -0.4 is 10.9 Å². The number of esters is 1. The molecule has 0 unspecified atom stereocenters. The SMILES string of the molecule is CC(=O)Nc1ccc(C(=O)O[C@@H](C)c2nc3sc(C)c(C)c3c(=O)[nH]2)cc1. The number of nitrogens with one attached hydrogen (secondary N) is 2. The zero-order valence-electron chi connectivity index (χ0n) is 15.4. The number of hydrogen-bond acceptors (Lipinski definition) is 6. The predicted molar refractivity (Wildman–Crippen MR) is 104 cm³/mol. The maximum atomic E-state index is 12.4. The second kappa shape index (κ2) is 7.32. The molecule has 0 bridgehead atoms. The monoisotopic (exact) mass is 385 g/mol. The van der Waals surface area contributed by atoms with Crippen molar-refractivity contribution in [2.75, 3.05) is 5.32 Å². The third-order valence-electron chi connectivity index (χ3n) is 4.17. The largest absolute Gasteiger partial charge is 0.451 e. The van der Waals surface area contributed by atoms with E-state index in [0.29, 0.717) is 27.3 Å². The Hall–Kier alpha value is -3.00. The molecule has 8 heteroatoms. The molecule has 1 amide bonds. The molecule has 1 atom stereocenters. The Bertz CT molecular complexity index is 1080. The van der Waals surface area contributed by atoms with Crippen molar-refractivity contribution in [1.82, 2.24) is 9.97 Å². The fraction of sp³-hybridized carbons (Fsp3) is 0.263. The van der Waals surface area contributed by atoms with E-state index >= 15 is 0 Å². The van der Waals surface area contributed by atoms with Gasteiger partial charge in [-0.2, -0.15) is 0 Å². The van der Waals surface area contributed by atoms with Gasteiger partial charge in [0.25, 0.3) is 5.56 Å². The van der Waals surface area contributed by atoms with Crippen LogP contribution in [0.3, 0.4) is 0 Å². The van der Waals surface area contributed by atoms with Crippen LogP contribution in [0.2, 0.25) is 0 Å². The zero-order valence-corrected chi connectivity index (χ0v) is 16.2. The third-order valence-corrected chi connectivity index (χ3v) is 5.27. The molecule has 7 nitrogen and oxygen atoms in total. The van der Waals surface area contributed by atoms with Crippen molar-refractivity contribution in [2.24, 2.45) is 0 Å². The number of amides is 1. The molecule has 0 aliphatic rings. The first kappa shape index (κ1) is 18.8.